The molecule has 0 saturated carbocycles. The number of hydrogen-bond donors (Lipinski definition) is 2. The van der Waals surface area contributed by atoms with Crippen molar-refractivity contribution in [3.05, 3.63) is 0 Å². The Bertz CT molecular complexity index is 375. The maximum Gasteiger partial charge on any atom is 0.303 e. The summed E-state index contributed by atoms with van der Waals surface area (Å²) in [5, 5.41) is 12.2. The zero-order valence-electron chi connectivity index (χ0n) is 12.5. The van der Waals surface area contributed by atoms with E-state index in [9.17, 15) is 9.59 Å². The molecule has 2 unspecified atom stereocenters. The van der Waals surface area contributed by atoms with Gasteiger partial charge in [0, 0.05) is 24.9 Å². The Morgan fingerprint density at radius 1 is 1.35 bits per heavy atom. The van der Waals surface area contributed by atoms with Crippen LogP contribution in [-0.2, 0) is 9.59 Å². The molecule has 5 nitrogen and oxygen atoms in total. The first-order chi connectivity index (χ1) is 9.41. The van der Waals surface area contributed by atoms with Gasteiger partial charge in [-0.3, -0.25) is 9.59 Å². The van der Waals surface area contributed by atoms with Gasteiger partial charge in [0.15, 0.2) is 0 Å². The van der Waals surface area contributed by atoms with Crippen molar-refractivity contribution in [2.75, 3.05) is 26.2 Å². The number of nitrogens with zero attached hydrogens (tertiary/aromatic N) is 1. The fourth-order valence-electron chi connectivity index (χ4n) is 3.48. The molecule has 0 aromatic heterocycles. The summed E-state index contributed by atoms with van der Waals surface area (Å²) in [5.41, 5.74) is -0.356. The third kappa shape index (κ3) is 3.32. The van der Waals surface area contributed by atoms with E-state index in [1.807, 2.05) is 18.7 Å². The minimum atomic E-state index is -0.764. The van der Waals surface area contributed by atoms with E-state index in [-0.39, 0.29) is 23.7 Å². The van der Waals surface area contributed by atoms with Crippen LogP contribution in [0, 0.1) is 17.3 Å². The van der Waals surface area contributed by atoms with Gasteiger partial charge < -0.3 is 15.3 Å². The van der Waals surface area contributed by atoms with Crippen LogP contribution in [0.3, 0.4) is 0 Å². The molecule has 2 rings (SSSR count). The molecule has 2 aliphatic rings. The summed E-state index contributed by atoms with van der Waals surface area (Å²) in [5.74, 6) is -0.0712. The predicted octanol–water partition coefficient (Wildman–Crippen LogP) is 1.34. The molecule has 0 bridgehead atoms. The van der Waals surface area contributed by atoms with Gasteiger partial charge in [-0.1, -0.05) is 13.8 Å². The molecule has 2 heterocycles. The number of aliphatic carboxylic acids is 1. The standard InChI is InChI=1S/C15H26N2O3/c1-15(2,12-4-3-6-16-9-12)14(20)17-7-5-11(10-17)8-13(18)19/h11-12,16H,3-10H2,1-2H3,(H,18,19). The van der Waals surface area contributed by atoms with Gasteiger partial charge in [0.25, 0.3) is 0 Å². The second-order valence-corrected chi connectivity index (χ2v) is 6.77. The fourth-order valence-corrected chi connectivity index (χ4v) is 3.48. The maximum atomic E-state index is 12.7. The zero-order valence-corrected chi connectivity index (χ0v) is 12.5. The Balaban J connectivity index is 1.94. The van der Waals surface area contributed by atoms with Crippen molar-refractivity contribution in [1.82, 2.24) is 10.2 Å². The van der Waals surface area contributed by atoms with Gasteiger partial charge in [0.1, 0.15) is 0 Å². The molecule has 1 amide bonds. The summed E-state index contributed by atoms with van der Waals surface area (Å²) in [4.78, 5) is 25.4. The van der Waals surface area contributed by atoms with Crippen LogP contribution in [0.4, 0.5) is 0 Å². The van der Waals surface area contributed by atoms with E-state index < -0.39 is 5.97 Å². The molecule has 0 radical (unpaired) electrons. The summed E-state index contributed by atoms with van der Waals surface area (Å²) < 4.78 is 0. The van der Waals surface area contributed by atoms with Crippen molar-refractivity contribution >= 4 is 11.9 Å². The number of carboxylic acids is 1. The van der Waals surface area contributed by atoms with Crippen LogP contribution in [0.2, 0.25) is 0 Å². The number of carbonyl (C=O) groups is 2. The van der Waals surface area contributed by atoms with Crippen molar-refractivity contribution in [2.45, 2.75) is 39.5 Å². The van der Waals surface area contributed by atoms with E-state index >= 15 is 0 Å². The Kier molecular flexibility index (Phi) is 4.68. The minimum absolute atomic E-state index is 0.122. The first kappa shape index (κ1) is 15.3. The number of rotatable bonds is 4. The fraction of sp³-hybridized carbons (Fsp3) is 0.867. The van der Waals surface area contributed by atoms with E-state index in [1.54, 1.807) is 0 Å². The van der Waals surface area contributed by atoms with E-state index in [1.165, 1.54) is 0 Å². The van der Waals surface area contributed by atoms with Crippen LogP contribution in [-0.4, -0.2) is 48.1 Å². The molecule has 2 atom stereocenters. The molecule has 2 aliphatic heterocycles. The van der Waals surface area contributed by atoms with Crippen molar-refractivity contribution in [1.29, 1.82) is 0 Å². The average molecular weight is 282 g/mol. The highest BCUT2D eigenvalue weighted by atomic mass is 16.4. The second kappa shape index (κ2) is 6.12. The molecule has 2 fully saturated rings. The highest BCUT2D eigenvalue weighted by molar-refractivity contribution is 5.82. The van der Waals surface area contributed by atoms with Gasteiger partial charge in [-0.2, -0.15) is 0 Å². The SMILES string of the molecule is CC(C)(C(=O)N1CCC(CC(=O)O)C1)C1CCCNC1. The Labute approximate surface area is 120 Å². The number of nitrogens with one attached hydrogen (secondary N) is 1. The largest absolute Gasteiger partial charge is 0.481 e. The molecule has 0 aliphatic carbocycles. The average Bonchev–Trinajstić information content (AvgIpc) is 2.86. The van der Waals surface area contributed by atoms with E-state index in [2.05, 4.69) is 5.32 Å². The Morgan fingerprint density at radius 2 is 2.10 bits per heavy atom. The van der Waals surface area contributed by atoms with Crippen LogP contribution in [0.25, 0.3) is 0 Å². The van der Waals surface area contributed by atoms with Crippen LogP contribution in [0.1, 0.15) is 39.5 Å². The smallest absolute Gasteiger partial charge is 0.303 e. The molecule has 114 valence electrons. The quantitative estimate of drug-likeness (QED) is 0.816. The summed E-state index contributed by atoms with van der Waals surface area (Å²) in [6.45, 7) is 7.35. The maximum absolute atomic E-state index is 12.7. The van der Waals surface area contributed by atoms with Gasteiger partial charge in [-0.15, -0.1) is 0 Å². The van der Waals surface area contributed by atoms with E-state index in [0.29, 0.717) is 19.0 Å². The van der Waals surface area contributed by atoms with Crippen molar-refractivity contribution in [3.8, 4) is 0 Å². The topological polar surface area (TPSA) is 69.6 Å². The summed E-state index contributed by atoms with van der Waals surface area (Å²) in [6.07, 6.45) is 3.22. The lowest BCUT2D eigenvalue weighted by Crippen LogP contribution is -2.48. The summed E-state index contributed by atoms with van der Waals surface area (Å²) in [7, 11) is 0. The number of hydrogen-bond acceptors (Lipinski definition) is 3. The molecular weight excluding hydrogens is 256 g/mol. The highest BCUT2D eigenvalue weighted by Gasteiger charge is 2.41. The normalized spacial score (nSPS) is 27.6. The van der Waals surface area contributed by atoms with E-state index in [0.717, 1.165) is 32.4 Å². The van der Waals surface area contributed by atoms with Crippen molar-refractivity contribution in [2.24, 2.45) is 17.3 Å². The number of carbonyl (C=O) groups excluding carboxylic acids is 1. The number of amides is 1. The predicted molar refractivity (Wildman–Crippen MR) is 76.3 cm³/mol. The zero-order chi connectivity index (χ0) is 14.8. The first-order valence-corrected chi connectivity index (χ1v) is 7.63. The van der Waals surface area contributed by atoms with Gasteiger partial charge >= 0.3 is 5.97 Å². The molecule has 2 saturated heterocycles. The van der Waals surface area contributed by atoms with Crippen LogP contribution in [0.15, 0.2) is 0 Å². The Morgan fingerprint density at radius 3 is 2.70 bits per heavy atom. The van der Waals surface area contributed by atoms with Crippen LogP contribution < -0.4 is 5.32 Å². The third-order valence-corrected chi connectivity index (χ3v) is 4.91. The highest BCUT2D eigenvalue weighted by Crippen LogP contribution is 2.35. The van der Waals surface area contributed by atoms with Crippen molar-refractivity contribution in [3.63, 3.8) is 0 Å². The monoisotopic (exact) mass is 282 g/mol. The molecule has 2 N–H and O–H groups in total. The number of carboxylic acid groups (broad SMARTS) is 1. The number of piperidine rings is 1. The van der Waals surface area contributed by atoms with Gasteiger partial charge in [0.2, 0.25) is 5.91 Å². The lowest BCUT2D eigenvalue weighted by atomic mass is 9.74. The minimum Gasteiger partial charge on any atom is -0.481 e. The lowest BCUT2D eigenvalue weighted by molar-refractivity contribution is -0.143. The summed E-state index contributed by atoms with van der Waals surface area (Å²) in [6, 6.07) is 0. The molecular formula is C15H26N2O3. The van der Waals surface area contributed by atoms with Gasteiger partial charge in [-0.05, 0) is 44.2 Å². The molecule has 20 heavy (non-hydrogen) atoms. The van der Waals surface area contributed by atoms with Crippen molar-refractivity contribution < 1.29 is 14.7 Å². The number of likely N-dealkylation sites (tertiary alicyclic amines) is 1. The van der Waals surface area contributed by atoms with Gasteiger partial charge in [-0.25, -0.2) is 0 Å². The molecule has 0 aromatic rings. The third-order valence-electron chi connectivity index (χ3n) is 4.91. The summed E-state index contributed by atoms with van der Waals surface area (Å²) >= 11 is 0. The molecule has 0 aromatic carbocycles. The first-order valence-electron chi connectivity index (χ1n) is 7.63. The van der Waals surface area contributed by atoms with Crippen LogP contribution >= 0.6 is 0 Å². The van der Waals surface area contributed by atoms with Gasteiger partial charge in [0.05, 0.1) is 0 Å². The van der Waals surface area contributed by atoms with Crippen LogP contribution in [0.5, 0.6) is 0 Å². The lowest BCUT2D eigenvalue weighted by Gasteiger charge is -2.38. The van der Waals surface area contributed by atoms with E-state index in [4.69, 9.17) is 5.11 Å². The Hall–Kier alpha value is -1.10. The second-order valence-electron chi connectivity index (χ2n) is 6.77. The molecule has 5 heteroatoms. The molecule has 0 spiro atoms.